The number of hydrogen-bond donors (Lipinski definition) is 1. The van der Waals surface area contributed by atoms with Gasteiger partial charge in [-0.3, -0.25) is 28.8 Å². The molecule has 338 valence electrons. The Labute approximate surface area is 356 Å². The van der Waals surface area contributed by atoms with Crippen molar-refractivity contribution < 1.29 is 76.5 Å². The van der Waals surface area contributed by atoms with E-state index in [2.05, 4.69) is 19.9 Å². The van der Waals surface area contributed by atoms with E-state index in [4.69, 9.17) is 42.6 Å². The molecule has 4 fully saturated rings. The van der Waals surface area contributed by atoms with Gasteiger partial charge in [-0.1, -0.05) is 39.3 Å². The highest BCUT2D eigenvalue weighted by molar-refractivity contribution is 5.86. The molecule has 0 amide bonds. The van der Waals surface area contributed by atoms with Crippen molar-refractivity contribution >= 4 is 35.6 Å². The van der Waals surface area contributed by atoms with Crippen LogP contribution in [0.3, 0.4) is 0 Å². The van der Waals surface area contributed by atoms with Gasteiger partial charge in [-0.2, -0.15) is 0 Å². The number of aliphatic hydroxyl groups is 1. The van der Waals surface area contributed by atoms with E-state index in [1.807, 2.05) is 0 Å². The SMILES string of the molecule is CC(=O)OC[C@H]1O[C@@H](O[C@H]2CC[C@]3(C)C4=C(CCC3C2)C2=C[C@@H]3O[C@@H]5[C@H](C3[C@@]2(C)CC4)[C@@H](OC(C)=O)O[C@@H]5C(O)(C(C)=O)C(C)C)[C@H](OC(C)=O)[C@H](OC(C)=O)[C@@H]1OC(C)=O. The van der Waals surface area contributed by atoms with Gasteiger partial charge < -0.3 is 47.7 Å². The first-order chi connectivity index (χ1) is 28.6. The zero-order chi connectivity index (χ0) is 44.5. The average Bonchev–Trinajstić information content (AvgIpc) is 3.79. The first-order valence-electron chi connectivity index (χ1n) is 21.7. The first kappa shape index (κ1) is 45.3. The minimum Gasteiger partial charge on any atom is -0.463 e. The van der Waals surface area contributed by atoms with Crippen molar-refractivity contribution in [3.8, 4) is 0 Å². The Morgan fingerprint density at radius 3 is 2.02 bits per heavy atom. The third kappa shape index (κ3) is 7.97. The first-order valence-corrected chi connectivity index (χ1v) is 21.7. The van der Waals surface area contributed by atoms with Crippen molar-refractivity contribution in [2.45, 2.75) is 181 Å². The Bertz CT molecular complexity index is 1870. The number of ether oxygens (including phenoxy) is 9. The lowest BCUT2D eigenvalue weighted by Crippen LogP contribution is -2.63. The van der Waals surface area contributed by atoms with E-state index in [0.717, 1.165) is 32.1 Å². The Hall–Kier alpha value is -3.70. The number of ketones is 1. The van der Waals surface area contributed by atoms with E-state index >= 15 is 0 Å². The number of fused-ring (bicyclic) bond motifs is 8. The second-order valence-corrected chi connectivity index (χ2v) is 18.9. The summed E-state index contributed by atoms with van der Waals surface area (Å²) in [7, 11) is 0. The van der Waals surface area contributed by atoms with Crippen LogP contribution in [0.25, 0.3) is 0 Å². The Balaban J connectivity index is 1.13. The molecule has 16 atom stereocenters. The Kier molecular flexibility index (Phi) is 12.5. The van der Waals surface area contributed by atoms with Crippen LogP contribution in [-0.2, 0) is 71.4 Å². The van der Waals surface area contributed by atoms with Gasteiger partial charge in [0.15, 0.2) is 36.0 Å². The van der Waals surface area contributed by atoms with Gasteiger partial charge in [0.25, 0.3) is 0 Å². The predicted molar refractivity (Wildman–Crippen MR) is 210 cm³/mol. The number of allylic oxidation sites excluding steroid dienone is 3. The predicted octanol–water partition coefficient (Wildman–Crippen LogP) is 4.36. The van der Waals surface area contributed by atoms with Crippen molar-refractivity contribution in [1.82, 2.24) is 0 Å². The zero-order valence-electron chi connectivity index (χ0n) is 36.9. The molecule has 1 saturated carbocycles. The highest BCUT2D eigenvalue weighted by Gasteiger charge is 2.70. The highest BCUT2D eigenvalue weighted by atomic mass is 16.7. The lowest BCUT2D eigenvalue weighted by atomic mass is 9.51. The topological polar surface area (TPSA) is 206 Å². The normalized spacial score (nSPS) is 40.9. The molecule has 0 bridgehead atoms. The lowest BCUT2D eigenvalue weighted by molar-refractivity contribution is -0.320. The van der Waals surface area contributed by atoms with E-state index in [1.165, 1.54) is 58.3 Å². The minimum atomic E-state index is -1.83. The van der Waals surface area contributed by atoms with Crippen molar-refractivity contribution in [3.63, 3.8) is 0 Å². The summed E-state index contributed by atoms with van der Waals surface area (Å²) >= 11 is 0. The van der Waals surface area contributed by atoms with Crippen LogP contribution in [-0.4, -0.2) is 114 Å². The number of Topliss-reactive ketones (excluding diaryl/α,β-unsaturated/α-hetero) is 1. The van der Waals surface area contributed by atoms with Crippen LogP contribution in [0.1, 0.15) is 114 Å². The molecule has 16 nitrogen and oxygen atoms in total. The van der Waals surface area contributed by atoms with E-state index in [0.29, 0.717) is 12.8 Å². The number of carbonyl (C=O) groups excluding carboxylic acids is 6. The van der Waals surface area contributed by atoms with E-state index in [1.54, 1.807) is 13.8 Å². The fraction of sp³-hybridized carbons (Fsp3) is 0.778. The van der Waals surface area contributed by atoms with Gasteiger partial charge in [-0.05, 0) is 85.7 Å². The van der Waals surface area contributed by atoms with Crippen molar-refractivity contribution in [2.24, 2.45) is 34.5 Å². The van der Waals surface area contributed by atoms with Crippen LogP contribution >= 0.6 is 0 Å². The lowest BCUT2D eigenvalue weighted by Gasteiger charge is -2.54. The monoisotopic (exact) mass is 858 g/mol. The maximum Gasteiger partial charge on any atom is 0.304 e. The number of carbonyl (C=O) groups is 6. The molecular weight excluding hydrogens is 796 g/mol. The molecule has 7 rings (SSSR count). The maximum atomic E-state index is 13.0. The highest BCUT2D eigenvalue weighted by Crippen LogP contribution is 2.67. The molecule has 7 aliphatic rings. The van der Waals surface area contributed by atoms with Crippen LogP contribution in [0, 0.1) is 34.5 Å². The number of rotatable bonds is 11. The van der Waals surface area contributed by atoms with E-state index in [9.17, 15) is 33.9 Å². The number of hydrogen-bond acceptors (Lipinski definition) is 16. The quantitative estimate of drug-likeness (QED) is 0.226. The summed E-state index contributed by atoms with van der Waals surface area (Å²) < 4.78 is 53.9. The van der Waals surface area contributed by atoms with Gasteiger partial charge in [0.2, 0.25) is 6.29 Å². The van der Waals surface area contributed by atoms with Gasteiger partial charge in [0, 0.05) is 40.5 Å². The maximum absolute atomic E-state index is 13.0. The molecule has 0 spiro atoms. The van der Waals surface area contributed by atoms with Crippen LogP contribution in [0.15, 0.2) is 22.8 Å². The van der Waals surface area contributed by atoms with Crippen molar-refractivity contribution in [2.75, 3.05) is 6.61 Å². The molecular formula is C45H62O16. The largest absolute Gasteiger partial charge is 0.463 e. The minimum absolute atomic E-state index is 0.101. The molecule has 0 aromatic rings. The molecule has 4 aliphatic carbocycles. The van der Waals surface area contributed by atoms with Gasteiger partial charge in [-0.25, -0.2) is 0 Å². The average molecular weight is 859 g/mol. The fourth-order valence-electron chi connectivity index (χ4n) is 12.2. The zero-order valence-corrected chi connectivity index (χ0v) is 36.9. The summed E-state index contributed by atoms with van der Waals surface area (Å²) in [4.78, 5) is 74.2. The molecule has 3 unspecified atom stereocenters. The summed E-state index contributed by atoms with van der Waals surface area (Å²) in [6.45, 7) is 15.3. The van der Waals surface area contributed by atoms with E-state index in [-0.39, 0.29) is 47.4 Å². The second-order valence-electron chi connectivity index (χ2n) is 18.9. The smallest absolute Gasteiger partial charge is 0.304 e. The Morgan fingerprint density at radius 1 is 0.770 bits per heavy atom. The molecule has 3 heterocycles. The van der Waals surface area contributed by atoms with Gasteiger partial charge >= 0.3 is 29.8 Å². The fourth-order valence-corrected chi connectivity index (χ4v) is 12.2. The number of esters is 5. The molecule has 1 N–H and O–H groups in total. The van der Waals surface area contributed by atoms with Gasteiger partial charge in [-0.15, -0.1) is 0 Å². The molecule has 0 aromatic heterocycles. The van der Waals surface area contributed by atoms with Crippen molar-refractivity contribution in [3.05, 3.63) is 22.8 Å². The summed E-state index contributed by atoms with van der Waals surface area (Å²) in [6.07, 6.45) is -1.71. The molecule has 3 aliphatic heterocycles. The summed E-state index contributed by atoms with van der Waals surface area (Å²) in [5.74, 6) is -4.35. The summed E-state index contributed by atoms with van der Waals surface area (Å²) in [6, 6.07) is 0. The van der Waals surface area contributed by atoms with Crippen molar-refractivity contribution in [1.29, 1.82) is 0 Å². The Morgan fingerprint density at radius 2 is 1.41 bits per heavy atom. The summed E-state index contributed by atoms with van der Waals surface area (Å²) in [5.41, 5.74) is 1.74. The van der Waals surface area contributed by atoms with Crippen LogP contribution in [0.2, 0.25) is 0 Å². The summed E-state index contributed by atoms with van der Waals surface area (Å²) in [5, 5.41) is 11.8. The molecule has 61 heavy (non-hydrogen) atoms. The van der Waals surface area contributed by atoms with Crippen LogP contribution in [0.4, 0.5) is 0 Å². The van der Waals surface area contributed by atoms with Crippen LogP contribution < -0.4 is 0 Å². The third-order valence-electron chi connectivity index (χ3n) is 14.9. The van der Waals surface area contributed by atoms with Gasteiger partial charge in [0.1, 0.15) is 18.8 Å². The second kappa shape index (κ2) is 16.8. The van der Waals surface area contributed by atoms with Gasteiger partial charge in [0.05, 0.1) is 24.2 Å². The molecule has 3 saturated heterocycles. The standard InChI is InChI=1S/C45H62O16/c1-20(2)45(52,21(3)46)40-37-34(41(61-40)57-26(8)51)35-32(59-37)18-31-29-12-11-27-17-28(13-15-43(27,9)30(29)14-16-44(31,35)10)58-42-39(56-25(7)50)38(55-24(6)49)36(54-23(5)48)33(60-42)19-53-22(4)47/h18,20,27-28,32-42,52H,11-17,19H2,1-10H3/t27?,28-,32-,33+,34-,35?,36+,37+,38+,39+,40-,41-,42+,43-,44-,45?/m0/s1. The third-order valence-corrected chi connectivity index (χ3v) is 14.9. The van der Waals surface area contributed by atoms with Crippen LogP contribution in [0.5, 0.6) is 0 Å². The van der Waals surface area contributed by atoms with E-state index < -0.39 is 96.4 Å². The molecule has 0 radical (unpaired) electrons. The molecule has 16 heteroatoms. The molecule has 0 aromatic carbocycles.